The van der Waals surface area contributed by atoms with E-state index >= 15 is 0 Å². The highest BCUT2D eigenvalue weighted by Gasteiger charge is 2.27. The number of hydrogen-bond acceptors (Lipinski definition) is 5. The minimum absolute atomic E-state index is 0.00391. The van der Waals surface area contributed by atoms with Crippen LogP contribution < -0.4 is 5.32 Å². The van der Waals surface area contributed by atoms with E-state index in [2.05, 4.69) is 17.1 Å². The van der Waals surface area contributed by atoms with Gasteiger partial charge in [-0.3, -0.25) is 19.9 Å². The first kappa shape index (κ1) is 22.6. The number of rotatable bonds is 9. The highest BCUT2D eigenvalue weighted by molar-refractivity contribution is 5.80. The van der Waals surface area contributed by atoms with Gasteiger partial charge in [0.05, 0.1) is 17.4 Å². The van der Waals surface area contributed by atoms with Gasteiger partial charge in [-0.2, -0.15) is 0 Å². The lowest BCUT2D eigenvalue weighted by Gasteiger charge is -2.33. The SMILES string of the molecule is CCNC(=NCCCCc1ccc([N+](=O)[O-])cc1)N1CCC(C(=O)OCC)CC1. The molecule has 1 N–H and O–H groups in total. The fourth-order valence-corrected chi connectivity index (χ4v) is 3.42. The van der Waals surface area contributed by atoms with Crippen LogP contribution in [0.1, 0.15) is 45.1 Å². The van der Waals surface area contributed by atoms with Crippen LogP contribution in [0.4, 0.5) is 5.69 Å². The van der Waals surface area contributed by atoms with Crippen molar-refractivity contribution in [2.45, 2.75) is 46.0 Å². The number of guanidine groups is 1. The lowest BCUT2D eigenvalue weighted by molar-refractivity contribution is -0.384. The summed E-state index contributed by atoms with van der Waals surface area (Å²) in [6, 6.07) is 6.74. The maximum atomic E-state index is 11.9. The number of unbranched alkanes of at least 4 members (excludes halogenated alkanes) is 1. The Morgan fingerprint density at radius 3 is 2.52 bits per heavy atom. The number of likely N-dealkylation sites (tertiary alicyclic amines) is 1. The molecule has 0 aliphatic carbocycles. The van der Waals surface area contributed by atoms with Crippen LogP contribution in [0.5, 0.6) is 0 Å². The van der Waals surface area contributed by atoms with Crippen molar-refractivity contribution in [2.24, 2.45) is 10.9 Å². The fraction of sp³-hybridized carbons (Fsp3) is 0.619. The van der Waals surface area contributed by atoms with Gasteiger partial charge in [0.25, 0.3) is 5.69 Å². The van der Waals surface area contributed by atoms with Crippen LogP contribution >= 0.6 is 0 Å². The van der Waals surface area contributed by atoms with Crippen molar-refractivity contribution >= 4 is 17.6 Å². The molecular weight excluding hydrogens is 372 g/mol. The second-order valence-corrected chi connectivity index (χ2v) is 7.13. The molecule has 29 heavy (non-hydrogen) atoms. The van der Waals surface area contributed by atoms with Crippen molar-refractivity contribution in [3.63, 3.8) is 0 Å². The number of esters is 1. The average Bonchev–Trinajstić information content (AvgIpc) is 2.73. The molecule has 1 aliphatic rings. The first-order valence-electron chi connectivity index (χ1n) is 10.5. The first-order chi connectivity index (χ1) is 14.0. The van der Waals surface area contributed by atoms with Crippen LogP contribution in [0.15, 0.2) is 29.3 Å². The lowest BCUT2D eigenvalue weighted by atomic mass is 9.97. The number of nitro groups is 1. The summed E-state index contributed by atoms with van der Waals surface area (Å²) in [5.41, 5.74) is 1.23. The summed E-state index contributed by atoms with van der Waals surface area (Å²) in [4.78, 5) is 29.2. The van der Waals surface area contributed by atoms with Gasteiger partial charge in [0.1, 0.15) is 0 Å². The van der Waals surface area contributed by atoms with E-state index in [9.17, 15) is 14.9 Å². The largest absolute Gasteiger partial charge is 0.466 e. The Labute approximate surface area is 172 Å². The summed E-state index contributed by atoms with van der Waals surface area (Å²) >= 11 is 0. The van der Waals surface area contributed by atoms with Gasteiger partial charge >= 0.3 is 5.97 Å². The van der Waals surface area contributed by atoms with Gasteiger partial charge in [-0.15, -0.1) is 0 Å². The summed E-state index contributed by atoms with van der Waals surface area (Å²) in [6.07, 6.45) is 4.40. The van der Waals surface area contributed by atoms with Crippen LogP contribution in [-0.2, 0) is 16.0 Å². The molecule has 1 aromatic rings. The van der Waals surface area contributed by atoms with Gasteiger partial charge < -0.3 is 15.0 Å². The van der Waals surface area contributed by atoms with E-state index in [0.717, 1.165) is 69.8 Å². The Balaban J connectivity index is 1.76. The second-order valence-electron chi connectivity index (χ2n) is 7.13. The number of ether oxygens (including phenoxy) is 1. The highest BCUT2D eigenvalue weighted by Crippen LogP contribution is 2.19. The van der Waals surface area contributed by atoms with Crippen molar-refractivity contribution in [1.29, 1.82) is 0 Å². The van der Waals surface area contributed by atoms with Gasteiger partial charge in [0, 0.05) is 38.3 Å². The van der Waals surface area contributed by atoms with Gasteiger partial charge in [0.15, 0.2) is 5.96 Å². The Hall–Kier alpha value is -2.64. The van der Waals surface area contributed by atoms with Crippen molar-refractivity contribution in [1.82, 2.24) is 10.2 Å². The number of nitrogens with zero attached hydrogens (tertiary/aromatic N) is 3. The zero-order valence-electron chi connectivity index (χ0n) is 17.4. The van der Waals surface area contributed by atoms with Gasteiger partial charge in [-0.05, 0) is 51.5 Å². The molecule has 1 saturated heterocycles. The third-order valence-corrected chi connectivity index (χ3v) is 5.03. The monoisotopic (exact) mass is 404 g/mol. The molecule has 0 amide bonds. The summed E-state index contributed by atoms with van der Waals surface area (Å²) in [5.74, 6) is 0.821. The van der Waals surface area contributed by atoms with Crippen LogP contribution in [-0.4, -0.2) is 54.5 Å². The lowest BCUT2D eigenvalue weighted by Crippen LogP contribution is -2.46. The standard InChI is InChI=1S/C21H32N4O4/c1-3-22-21(24-15-12-18(13-16-24)20(26)29-4-2)23-14-6-5-7-17-8-10-19(11-9-17)25(27)28/h8-11,18H,3-7,12-16H2,1-2H3,(H,22,23). The zero-order valence-corrected chi connectivity index (χ0v) is 17.4. The quantitative estimate of drug-likeness (QED) is 0.170. The Morgan fingerprint density at radius 2 is 1.93 bits per heavy atom. The average molecular weight is 405 g/mol. The molecule has 1 heterocycles. The topological polar surface area (TPSA) is 97.1 Å². The minimum atomic E-state index is -0.379. The number of nitro benzene ring substituents is 1. The molecule has 0 atom stereocenters. The number of hydrogen-bond donors (Lipinski definition) is 1. The number of aliphatic imine (C=N–C) groups is 1. The molecule has 8 heteroatoms. The number of benzene rings is 1. The third kappa shape index (κ3) is 7.36. The Kier molecular flexibility index (Phi) is 9.40. The molecule has 0 spiro atoms. The molecule has 2 rings (SSSR count). The summed E-state index contributed by atoms with van der Waals surface area (Å²) in [5, 5.41) is 14.0. The van der Waals surface area contributed by atoms with E-state index in [1.165, 1.54) is 0 Å². The van der Waals surface area contributed by atoms with Gasteiger partial charge in [0.2, 0.25) is 0 Å². The number of carbonyl (C=O) groups excluding carboxylic acids is 1. The molecule has 1 aliphatic heterocycles. The maximum absolute atomic E-state index is 11.9. The number of nitrogens with one attached hydrogen (secondary N) is 1. The zero-order chi connectivity index (χ0) is 21.1. The molecule has 160 valence electrons. The normalized spacial score (nSPS) is 15.2. The van der Waals surface area contributed by atoms with E-state index in [4.69, 9.17) is 9.73 Å². The number of piperidine rings is 1. The Morgan fingerprint density at radius 1 is 1.24 bits per heavy atom. The third-order valence-electron chi connectivity index (χ3n) is 5.03. The summed E-state index contributed by atoms with van der Waals surface area (Å²) in [7, 11) is 0. The van der Waals surface area contributed by atoms with Crippen LogP contribution in [0, 0.1) is 16.0 Å². The minimum Gasteiger partial charge on any atom is -0.466 e. The molecule has 0 saturated carbocycles. The van der Waals surface area contributed by atoms with E-state index in [0.29, 0.717) is 6.61 Å². The van der Waals surface area contributed by atoms with E-state index in [-0.39, 0.29) is 22.5 Å². The molecule has 0 radical (unpaired) electrons. The van der Waals surface area contributed by atoms with E-state index in [1.54, 1.807) is 12.1 Å². The molecule has 0 unspecified atom stereocenters. The fourth-order valence-electron chi connectivity index (χ4n) is 3.42. The predicted octanol–water partition coefficient (Wildman–Crippen LogP) is 3.16. The molecule has 0 aromatic heterocycles. The van der Waals surface area contributed by atoms with E-state index < -0.39 is 0 Å². The van der Waals surface area contributed by atoms with Gasteiger partial charge in [-0.1, -0.05) is 12.1 Å². The molecule has 8 nitrogen and oxygen atoms in total. The maximum Gasteiger partial charge on any atom is 0.309 e. The number of non-ortho nitro benzene ring substituents is 1. The van der Waals surface area contributed by atoms with E-state index in [1.807, 2.05) is 19.1 Å². The predicted molar refractivity (Wildman–Crippen MR) is 113 cm³/mol. The van der Waals surface area contributed by atoms with Crippen LogP contribution in [0.3, 0.4) is 0 Å². The summed E-state index contributed by atoms with van der Waals surface area (Å²) < 4.78 is 5.13. The van der Waals surface area contributed by atoms with Crippen LogP contribution in [0.25, 0.3) is 0 Å². The molecule has 0 bridgehead atoms. The van der Waals surface area contributed by atoms with Gasteiger partial charge in [-0.25, -0.2) is 0 Å². The van der Waals surface area contributed by atoms with Crippen LogP contribution in [0.2, 0.25) is 0 Å². The van der Waals surface area contributed by atoms with Crippen molar-refractivity contribution in [3.05, 3.63) is 39.9 Å². The molecular formula is C21H32N4O4. The van der Waals surface area contributed by atoms with Crippen molar-refractivity contribution in [3.8, 4) is 0 Å². The smallest absolute Gasteiger partial charge is 0.309 e. The molecule has 1 fully saturated rings. The molecule has 1 aromatic carbocycles. The number of carbonyl (C=O) groups is 1. The number of aryl methyl sites for hydroxylation is 1. The Bertz CT molecular complexity index is 682. The first-order valence-corrected chi connectivity index (χ1v) is 10.5. The second kappa shape index (κ2) is 12.0. The highest BCUT2D eigenvalue weighted by atomic mass is 16.6. The summed E-state index contributed by atoms with van der Waals surface area (Å²) in [6.45, 7) is 7.46. The van der Waals surface area contributed by atoms with Crippen molar-refractivity contribution < 1.29 is 14.5 Å². The van der Waals surface area contributed by atoms with Crippen molar-refractivity contribution in [2.75, 3.05) is 32.8 Å².